The molecule has 0 saturated heterocycles. The van der Waals surface area contributed by atoms with Gasteiger partial charge in [-0.1, -0.05) is 0 Å². The number of methoxy groups -OCH3 is 2. The highest BCUT2D eigenvalue weighted by Gasteiger charge is 2.11. The molecular weight excluding hydrogens is 410 g/mol. The first-order valence-corrected chi connectivity index (χ1v) is 9.69. The molecule has 0 unspecified atom stereocenters. The second-order valence-electron chi connectivity index (χ2n) is 6.50. The minimum atomic E-state index is -0.399. The molecule has 0 spiro atoms. The van der Waals surface area contributed by atoms with E-state index in [1.807, 2.05) is 6.07 Å². The van der Waals surface area contributed by atoms with Crippen molar-refractivity contribution in [3.05, 3.63) is 54.2 Å². The number of hydrogen-bond acceptors (Lipinski definition) is 8. The molecule has 0 atom stereocenters. The molecule has 0 fully saturated rings. The molecule has 5 N–H and O–H groups in total. The van der Waals surface area contributed by atoms with Crippen LogP contribution in [0.25, 0.3) is 11.3 Å². The van der Waals surface area contributed by atoms with E-state index in [4.69, 9.17) is 15.2 Å². The summed E-state index contributed by atoms with van der Waals surface area (Å²) in [7, 11) is 3.05. The lowest BCUT2D eigenvalue weighted by Gasteiger charge is -2.14. The van der Waals surface area contributed by atoms with E-state index >= 15 is 0 Å². The number of amides is 2. The van der Waals surface area contributed by atoms with Crippen molar-refractivity contribution in [2.24, 2.45) is 5.73 Å². The van der Waals surface area contributed by atoms with Gasteiger partial charge in [-0.15, -0.1) is 0 Å². The second kappa shape index (κ2) is 10.6. The van der Waals surface area contributed by atoms with Gasteiger partial charge in [0, 0.05) is 30.9 Å². The maximum absolute atomic E-state index is 12.1. The molecule has 164 valence electrons. The van der Waals surface area contributed by atoms with Crippen LogP contribution in [0.2, 0.25) is 0 Å². The van der Waals surface area contributed by atoms with Crippen molar-refractivity contribution in [1.29, 1.82) is 5.26 Å². The van der Waals surface area contributed by atoms with Crippen LogP contribution in [0.5, 0.6) is 11.5 Å². The molecule has 2 aromatic carbocycles. The predicted octanol–water partition coefficient (Wildman–Crippen LogP) is 2.86. The lowest BCUT2D eigenvalue weighted by molar-refractivity contribution is 0.252. The first kappa shape index (κ1) is 22.3. The van der Waals surface area contributed by atoms with Crippen molar-refractivity contribution in [1.82, 2.24) is 15.3 Å². The van der Waals surface area contributed by atoms with E-state index in [9.17, 15) is 10.1 Å². The third-order valence-electron chi connectivity index (χ3n) is 4.42. The molecule has 0 aliphatic carbocycles. The summed E-state index contributed by atoms with van der Waals surface area (Å²) in [5.41, 5.74) is 8.23. The van der Waals surface area contributed by atoms with Crippen LogP contribution in [-0.2, 0) is 0 Å². The Kier molecular flexibility index (Phi) is 7.40. The summed E-state index contributed by atoms with van der Waals surface area (Å²) in [4.78, 5) is 20.9. The molecule has 3 rings (SSSR count). The van der Waals surface area contributed by atoms with Crippen LogP contribution in [-0.4, -0.2) is 43.3 Å². The third kappa shape index (κ3) is 5.41. The molecular formula is C22H23N7O3. The van der Waals surface area contributed by atoms with Gasteiger partial charge < -0.3 is 31.2 Å². The van der Waals surface area contributed by atoms with Crippen molar-refractivity contribution in [2.45, 2.75) is 0 Å². The Balaban J connectivity index is 1.88. The predicted molar refractivity (Wildman–Crippen MR) is 121 cm³/mol. The van der Waals surface area contributed by atoms with E-state index in [2.05, 4.69) is 32.0 Å². The van der Waals surface area contributed by atoms with Gasteiger partial charge in [0.05, 0.1) is 36.9 Å². The number of aromatic nitrogens is 2. The fourth-order valence-electron chi connectivity index (χ4n) is 2.87. The Hall–Kier alpha value is -4.36. The molecule has 0 aliphatic heterocycles. The van der Waals surface area contributed by atoms with E-state index in [0.29, 0.717) is 53.2 Å². The lowest BCUT2D eigenvalue weighted by Crippen LogP contribution is -2.33. The highest BCUT2D eigenvalue weighted by Crippen LogP contribution is 2.30. The van der Waals surface area contributed by atoms with Crippen LogP contribution < -0.4 is 31.2 Å². The van der Waals surface area contributed by atoms with E-state index in [0.717, 1.165) is 5.56 Å². The fraction of sp³-hybridized carbons (Fsp3) is 0.182. The number of nitriles is 1. The third-order valence-corrected chi connectivity index (χ3v) is 4.42. The number of nitrogens with zero attached hydrogens (tertiary/aromatic N) is 3. The summed E-state index contributed by atoms with van der Waals surface area (Å²) in [5, 5.41) is 17.9. The number of carbonyl (C=O) groups is 1. The number of urea groups is 1. The van der Waals surface area contributed by atoms with Crippen molar-refractivity contribution >= 4 is 23.4 Å². The Labute approximate surface area is 185 Å². The number of rotatable bonds is 8. The van der Waals surface area contributed by atoms with Crippen LogP contribution in [0.1, 0.15) is 5.56 Å². The summed E-state index contributed by atoms with van der Waals surface area (Å²) in [6.45, 7) is 0.673. The van der Waals surface area contributed by atoms with Gasteiger partial charge in [0.1, 0.15) is 17.6 Å². The summed E-state index contributed by atoms with van der Waals surface area (Å²) in [6, 6.07) is 13.9. The monoisotopic (exact) mass is 433 g/mol. The van der Waals surface area contributed by atoms with Crippen LogP contribution in [0.4, 0.5) is 22.1 Å². The summed E-state index contributed by atoms with van der Waals surface area (Å²) >= 11 is 0. The smallest absolute Gasteiger partial charge is 0.319 e. The minimum Gasteiger partial charge on any atom is -0.497 e. The standard InChI is InChI=1S/C22H23N7O3/c1-31-16-4-5-18(19(12-16)29-22(30)26-10-8-23)28-21-25-9-7-17(27-21)14-3-6-20(32-2)15(11-14)13-24/h3-7,9,11-12H,8,10,23H2,1-2H3,(H,25,27,28)(H2,26,29,30). The molecule has 3 aromatic rings. The van der Waals surface area contributed by atoms with Crippen molar-refractivity contribution in [3.63, 3.8) is 0 Å². The van der Waals surface area contributed by atoms with Gasteiger partial charge in [-0.3, -0.25) is 0 Å². The van der Waals surface area contributed by atoms with Crippen molar-refractivity contribution < 1.29 is 14.3 Å². The maximum atomic E-state index is 12.1. The number of anilines is 3. The summed E-state index contributed by atoms with van der Waals surface area (Å²) in [5.74, 6) is 1.37. The number of benzene rings is 2. The van der Waals surface area contributed by atoms with Crippen LogP contribution in [0.15, 0.2) is 48.7 Å². The Morgan fingerprint density at radius 3 is 2.69 bits per heavy atom. The average molecular weight is 433 g/mol. The van der Waals surface area contributed by atoms with Gasteiger partial charge in [-0.2, -0.15) is 5.26 Å². The summed E-state index contributed by atoms with van der Waals surface area (Å²) in [6.07, 6.45) is 1.60. The first-order valence-electron chi connectivity index (χ1n) is 9.69. The molecule has 10 nitrogen and oxygen atoms in total. The SMILES string of the molecule is COc1ccc(Nc2nccc(-c3ccc(OC)c(C#N)c3)n2)c(NC(=O)NCCN)c1. The van der Waals surface area contributed by atoms with Gasteiger partial charge >= 0.3 is 6.03 Å². The number of nitrogens with one attached hydrogen (secondary N) is 3. The van der Waals surface area contributed by atoms with E-state index in [1.165, 1.54) is 14.2 Å². The van der Waals surface area contributed by atoms with E-state index < -0.39 is 6.03 Å². The molecule has 10 heteroatoms. The number of carbonyl (C=O) groups excluding carboxylic acids is 1. The Morgan fingerprint density at radius 2 is 1.97 bits per heavy atom. The van der Waals surface area contributed by atoms with Gasteiger partial charge in [0.25, 0.3) is 0 Å². The van der Waals surface area contributed by atoms with Crippen molar-refractivity contribution in [2.75, 3.05) is 37.9 Å². The Morgan fingerprint density at radius 1 is 1.12 bits per heavy atom. The number of ether oxygens (including phenoxy) is 2. The van der Waals surface area contributed by atoms with Crippen molar-refractivity contribution in [3.8, 4) is 28.8 Å². The number of hydrogen-bond donors (Lipinski definition) is 4. The van der Waals surface area contributed by atoms with Crippen LogP contribution in [0.3, 0.4) is 0 Å². The topological polar surface area (TPSA) is 147 Å². The van der Waals surface area contributed by atoms with Gasteiger partial charge in [-0.25, -0.2) is 14.8 Å². The second-order valence-corrected chi connectivity index (χ2v) is 6.50. The molecule has 32 heavy (non-hydrogen) atoms. The first-order chi connectivity index (χ1) is 15.6. The minimum absolute atomic E-state index is 0.312. The molecule has 0 aliphatic rings. The van der Waals surface area contributed by atoms with Gasteiger partial charge in [0.15, 0.2) is 0 Å². The van der Waals surface area contributed by atoms with Gasteiger partial charge in [0.2, 0.25) is 5.95 Å². The summed E-state index contributed by atoms with van der Waals surface area (Å²) < 4.78 is 10.4. The zero-order valence-electron chi connectivity index (χ0n) is 17.7. The molecule has 2 amide bonds. The normalized spacial score (nSPS) is 10.1. The van der Waals surface area contributed by atoms with Crippen LogP contribution >= 0.6 is 0 Å². The zero-order valence-corrected chi connectivity index (χ0v) is 17.7. The molecule has 1 aromatic heterocycles. The fourth-order valence-corrected chi connectivity index (χ4v) is 2.87. The zero-order chi connectivity index (χ0) is 22.9. The van der Waals surface area contributed by atoms with E-state index in [-0.39, 0.29) is 0 Å². The average Bonchev–Trinajstić information content (AvgIpc) is 2.83. The van der Waals surface area contributed by atoms with E-state index in [1.54, 1.807) is 42.6 Å². The lowest BCUT2D eigenvalue weighted by atomic mass is 10.1. The highest BCUT2D eigenvalue weighted by molar-refractivity contribution is 5.94. The molecule has 0 radical (unpaired) electrons. The van der Waals surface area contributed by atoms with Crippen LogP contribution in [0, 0.1) is 11.3 Å². The maximum Gasteiger partial charge on any atom is 0.319 e. The largest absolute Gasteiger partial charge is 0.497 e. The Bertz CT molecular complexity index is 1140. The number of nitrogens with two attached hydrogens (primary N) is 1. The molecule has 1 heterocycles. The molecule has 0 bridgehead atoms. The van der Waals surface area contributed by atoms with Gasteiger partial charge in [-0.05, 0) is 36.4 Å². The quantitative estimate of drug-likeness (QED) is 0.424. The molecule has 0 saturated carbocycles. The highest BCUT2D eigenvalue weighted by atomic mass is 16.5.